The molecule has 1 aromatic carbocycles. The first-order chi connectivity index (χ1) is 10.7. The van der Waals surface area contributed by atoms with E-state index in [1.807, 2.05) is 0 Å². The van der Waals surface area contributed by atoms with E-state index in [-0.39, 0.29) is 0 Å². The van der Waals surface area contributed by atoms with Gasteiger partial charge < -0.3 is 4.90 Å². The van der Waals surface area contributed by atoms with Gasteiger partial charge in [0.1, 0.15) is 0 Å². The molecule has 2 nitrogen and oxygen atoms in total. The lowest BCUT2D eigenvalue weighted by Crippen LogP contribution is -2.48. The molecule has 118 valence electrons. The Hall–Kier alpha value is -1.28. The van der Waals surface area contributed by atoms with Gasteiger partial charge in [0.25, 0.3) is 0 Å². The molecule has 1 saturated carbocycles. The lowest BCUT2D eigenvalue weighted by Gasteiger charge is -2.38. The zero-order valence-corrected chi connectivity index (χ0v) is 14.0. The Morgan fingerprint density at radius 3 is 2.50 bits per heavy atom. The summed E-state index contributed by atoms with van der Waals surface area (Å²) in [6.07, 6.45) is 7.83. The number of allylic oxidation sites excluding steroid dienone is 2. The van der Waals surface area contributed by atoms with E-state index in [2.05, 4.69) is 54.0 Å². The zero-order chi connectivity index (χ0) is 15.1. The molecular weight excluding hydrogens is 268 g/mol. The standard InChI is InChI=1S/C20H28N2/c1-15-4-3-5-20(16(15)2)22-10-8-21(9-11-22)14-19-13-17-6-7-18(19)12-17/h3-7,17-19H,8-14H2,1-2H3/t17-,18-,19+/m0/s1. The van der Waals surface area contributed by atoms with Gasteiger partial charge in [0, 0.05) is 38.4 Å². The minimum absolute atomic E-state index is 0.891. The van der Waals surface area contributed by atoms with E-state index in [4.69, 9.17) is 0 Å². The van der Waals surface area contributed by atoms with E-state index in [1.165, 1.54) is 62.4 Å². The highest BCUT2D eigenvalue weighted by atomic mass is 15.3. The molecule has 1 heterocycles. The molecule has 0 N–H and O–H groups in total. The molecule has 22 heavy (non-hydrogen) atoms. The molecule has 0 radical (unpaired) electrons. The van der Waals surface area contributed by atoms with Crippen molar-refractivity contribution in [2.24, 2.45) is 17.8 Å². The predicted molar refractivity (Wildman–Crippen MR) is 93.4 cm³/mol. The third kappa shape index (κ3) is 2.58. The average Bonchev–Trinajstić information content (AvgIpc) is 3.14. The van der Waals surface area contributed by atoms with E-state index < -0.39 is 0 Å². The average molecular weight is 296 g/mol. The van der Waals surface area contributed by atoms with Gasteiger partial charge in [0.15, 0.2) is 0 Å². The van der Waals surface area contributed by atoms with Gasteiger partial charge in [-0.1, -0.05) is 24.3 Å². The Kier molecular flexibility index (Phi) is 3.73. The summed E-state index contributed by atoms with van der Waals surface area (Å²) < 4.78 is 0. The van der Waals surface area contributed by atoms with Crippen molar-refractivity contribution in [1.29, 1.82) is 0 Å². The third-order valence-electron chi connectivity index (χ3n) is 6.20. The number of benzene rings is 1. The normalized spacial score (nSPS) is 31.2. The van der Waals surface area contributed by atoms with E-state index in [0.717, 1.165) is 17.8 Å². The quantitative estimate of drug-likeness (QED) is 0.786. The summed E-state index contributed by atoms with van der Waals surface area (Å²) in [5.41, 5.74) is 4.31. The molecule has 3 aliphatic rings. The van der Waals surface area contributed by atoms with Crippen molar-refractivity contribution < 1.29 is 0 Å². The Labute approximate surface area is 134 Å². The summed E-state index contributed by atoms with van der Waals surface area (Å²) in [6, 6.07) is 6.71. The van der Waals surface area contributed by atoms with Gasteiger partial charge in [-0.25, -0.2) is 0 Å². The summed E-state index contributed by atoms with van der Waals surface area (Å²) in [4.78, 5) is 5.29. The Bertz CT molecular complexity index is 569. The topological polar surface area (TPSA) is 6.48 Å². The second kappa shape index (κ2) is 5.73. The fraction of sp³-hybridized carbons (Fsp3) is 0.600. The summed E-state index contributed by atoms with van der Waals surface area (Å²) in [7, 11) is 0. The zero-order valence-electron chi connectivity index (χ0n) is 14.0. The number of rotatable bonds is 3. The van der Waals surface area contributed by atoms with E-state index >= 15 is 0 Å². The van der Waals surface area contributed by atoms with Crippen molar-refractivity contribution in [2.75, 3.05) is 37.6 Å². The number of hydrogen-bond acceptors (Lipinski definition) is 2. The largest absolute Gasteiger partial charge is 0.369 e. The van der Waals surface area contributed by atoms with Crippen molar-refractivity contribution in [2.45, 2.75) is 26.7 Å². The lowest BCUT2D eigenvalue weighted by molar-refractivity contribution is 0.204. The molecule has 0 amide bonds. The van der Waals surface area contributed by atoms with Crippen LogP contribution in [0.5, 0.6) is 0 Å². The molecule has 1 aromatic rings. The summed E-state index contributed by atoms with van der Waals surface area (Å²) in [5.74, 6) is 2.73. The van der Waals surface area contributed by atoms with Gasteiger partial charge in [-0.15, -0.1) is 0 Å². The van der Waals surface area contributed by atoms with Crippen LogP contribution in [-0.2, 0) is 0 Å². The molecule has 0 spiro atoms. The first-order valence-corrected chi connectivity index (χ1v) is 8.92. The van der Waals surface area contributed by atoms with Gasteiger partial charge in [-0.3, -0.25) is 4.90 Å². The second-order valence-corrected chi connectivity index (χ2v) is 7.55. The number of anilines is 1. The van der Waals surface area contributed by atoms with E-state index in [0.29, 0.717) is 0 Å². The SMILES string of the molecule is Cc1cccc(N2CCN(C[C@H]3C[C@H]4C=C[C@H]3C4)CC2)c1C. The maximum Gasteiger partial charge on any atom is 0.0399 e. The van der Waals surface area contributed by atoms with Crippen molar-refractivity contribution in [1.82, 2.24) is 4.90 Å². The van der Waals surface area contributed by atoms with Gasteiger partial charge in [0.2, 0.25) is 0 Å². The Morgan fingerprint density at radius 2 is 1.82 bits per heavy atom. The molecule has 1 aliphatic heterocycles. The molecule has 2 bridgehead atoms. The molecular formula is C20H28N2. The second-order valence-electron chi connectivity index (χ2n) is 7.55. The van der Waals surface area contributed by atoms with E-state index in [9.17, 15) is 0 Å². The maximum atomic E-state index is 2.71. The van der Waals surface area contributed by atoms with Crippen molar-refractivity contribution >= 4 is 5.69 Å². The molecule has 2 fully saturated rings. The third-order valence-corrected chi connectivity index (χ3v) is 6.20. The van der Waals surface area contributed by atoms with Crippen LogP contribution in [0.4, 0.5) is 5.69 Å². The Morgan fingerprint density at radius 1 is 1.00 bits per heavy atom. The first-order valence-electron chi connectivity index (χ1n) is 8.92. The van der Waals surface area contributed by atoms with Crippen LogP contribution >= 0.6 is 0 Å². The lowest BCUT2D eigenvalue weighted by atomic mass is 9.93. The predicted octanol–water partition coefficient (Wildman–Crippen LogP) is 3.64. The van der Waals surface area contributed by atoms with Crippen LogP contribution in [0.1, 0.15) is 24.0 Å². The highest BCUT2D eigenvalue weighted by Crippen LogP contribution is 2.43. The van der Waals surface area contributed by atoms with Crippen LogP contribution in [0.25, 0.3) is 0 Å². The maximum absolute atomic E-state index is 2.71. The fourth-order valence-corrected chi connectivity index (χ4v) is 4.69. The minimum atomic E-state index is 0.891. The highest BCUT2D eigenvalue weighted by molar-refractivity contribution is 5.56. The fourth-order valence-electron chi connectivity index (χ4n) is 4.69. The molecule has 1 saturated heterocycles. The summed E-state index contributed by atoms with van der Waals surface area (Å²) in [5, 5.41) is 0. The van der Waals surface area contributed by atoms with Crippen LogP contribution in [0.2, 0.25) is 0 Å². The van der Waals surface area contributed by atoms with Gasteiger partial charge >= 0.3 is 0 Å². The van der Waals surface area contributed by atoms with Crippen LogP contribution in [-0.4, -0.2) is 37.6 Å². The monoisotopic (exact) mass is 296 g/mol. The van der Waals surface area contributed by atoms with Crippen LogP contribution in [0, 0.1) is 31.6 Å². The molecule has 4 rings (SSSR count). The van der Waals surface area contributed by atoms with Gasteiger partial charge in [-0.2, -0.15) is 0 Å². The first kappa shape index (κ1) is 14.3. The molecule has 2 heteroatoms. The molecule has 3 atom stereocenters. The van der Waals surface area contributed by atoms with Crippen molar-refractivity contribution in [3.05, 3.63) is 41.5 Å². The summed E-state index contributed by atoms with van der Waals surface area (Å²) in [6.45, 7) is 10.6. The number of nitrogens with zero attached hydrogens (tertiary/aromatic N) is 2. The van der Waals surface area contributed by atoms with Crippen LogP contribution in [0.3, 0.4) is 0 Å². The Balaban J connectivity index is 1.35. The minimum Gasteiger partial charge on any atom is -0.369 e. The van der Waals surface area contributed by atoms with Gasteiger partial charge in [0.05, 0.1) is 0 Å². The smallest absolute Gasteiger partial charge is 0.0399 e. The number of hydrogen-bond donors (Lipinski definition) is 0. The molecule has 0 unspecified atom stereocenters. The van der Waals surface area contributed by atoms with E-state index in [1.54, 1.807) is 0 Å². The van der Waals surface area contributed by atoms with Crippen LogP contribution in [0.15, 0.2) is 30.4 Å². The summed E-state index contributed by atoms with van der Waals surface area (Å²) >= 11 is 0. The van der Waals surface area contributed by atoms with Crippen LogP contribution < -0.4 is 4.90 Å². The molecule has 0 aromatic heterocycles. The number of aryl methyl sites for hydroxylation is 1. The number of piperazine rings is 1. The molecule has 2 aliphatic carbocycles. The highest BCUT2D eigenvalue weighted by Gasteiger charge is 2.36. The van der Waals surface area contributed by atoms with Crippen molar-refractivity contribution in [3.63, 3.8) is 0 Å². The van der Waals surface area contributed by atoms with Gasteiger partial charge in [-0.05, 0) is 61.6 Å². The number of fused-ring (bicyclic) bond motifs is 2. The van der Waals surface area contributed by atoms with Crippen molar-refractivity contribution in [3.8, 4) is 0 Å².